The van der Waals surface area contributed by atoms with E-state index in [9.17, 15) is 14.0 Å². The molecule has 1 fully saturated rings. The minimum absolute atomic E-state index is 0.0677. The van der Waals surface area contributed by atoms with Gasteiger partial charge in [0.15, 0.2) is 0 Å². The number of hydrogen-bond donors (Lipinski definition) is 1. The second kappa shape index (κ2) is 7.81. The van der Waals surface area contributed by atoms with Crippen molar-refractivity contribution < 1.29 is 18.4 Å². The zero-order valence-electron chi connectivity index (χ0n) is 18.7. The van der Waals surface area contributed by atoms with Crippen LogP contribution < -0.4 is 10.2 Å². The monoisotopic (exact) mass is 450 g/mol. The highest BCUT2D eigenvalue weighted by atomic mass is 19.1. The molecule has 3 aromatic rings. The molecular formula is C25H24F2N4O2. The number of amides is 2. The number of rotatable bonds is 3. The molecule has 0 radical (unpaired) electrons. The van der Waals surface area contributed by atoms with E-state index in [0.29, 0.717) is 18.7 Å². The lowest BCUT2D eigenvalue weighted by atomic mass is 9.94. The first-order valence-electron chi connectivity index (χ1n) is 10.8. The normalized spacial score (nSPS) is 17.4. The second-order valence-corrected chi connectivity index (χ2v) is 8.73. The number of para-hydroxylation sites is 1. The van der Waals surface area contributed by atoms with E-state index in [1.54, 1.807) is 6.20 Å². The van der Waals surface area contributed by atoms with Crippen molar-refractivity contribution in [2.45, 2.75) is 6.92 Å². The quantitative estimate of drug-likeness (QED) is 0.624. The fourth-order valence-electron chi connectivity index (χ4n) is 4.86. The van der Waals surface area contributed by atoms with E-state index in [0.717, 1.165) is 35.6 Å². The van der Waals surface area contributed by atoms with E-state index < -0.39 is 23.4 Å². The lowest BCUT2D eigenvalue weighted by Crippen LogP contribution is -2.44. The number of nitrogens with one attached hydrogen (secondary N) is 1. The number of imide groups is 1. The Morgan fingerprint density at radius 1 is 0.879 bits per heavy atom. The largest absolute Gasteiger partial charge is 0.367 e. The van der Waals surface area contributed by atoms with Crippen molar-refractivity contribution in [3.05, 3.63) is 64.9 Å². The summed E-state index contributed by atoms with van der Waals surface area (Å²) in [6.45, 7) is 4.61. The molecule has 3 heterocycles. The highest BCUT2D eigenvalue weighted by Gasteiger charge is 2.36. The van der Waals surface area contributed by atoms with Gasteiger partial charge in [-0.1, -0.05) is 18.2 Å². The fraction of sp³-hybridized carbons (Fsp3) is 0.280. The number of aryl methyl sites for hydroxylation is 2. The maximum absolute atomic E-state index is 15.1. The predicted octanol–water partition coefficient (Wildman–Crippen LogP) is 3.08. The number of nitrogens with zero attached hydrogens (tertiary/aromatic N) is 3. The van der Waals surface area contributed by atoms with Gasteiger partial charge in [0.25, 0.3) is 11.8 Å². The van der Waals surface area contributed by atoms with Crippen LogP contribution >= 0.6 is 0 Å². The first-order valence-corrected chi connectivity index (χ1v) is 10.8. The highest BCUT2D eigenvalue weighted by Crippen LogP contribution is 2.38. The molecule has 0 bridgehead atoms. The summed E-state index contributed by atoms with van der Waals surface area (Å²) in [7, 11) is 3.85. The van der Waals surface area contributed by atoms with Gasteiger partial charge < -0.3 is 14.4 Å². The SMILES string of the molecule is Cc1cccc2c(C3=C(c4cc(N5CCN(C)CC5)c(F)cc4F)C(=O)NC3=O)cn(C)c12. The molecule has 0 atom stereocenters. The van der Waals surface area contributed by atoms with Gasteiger partial charge in [0.05, 0.1) is 22.4 Å². The van der Waals surface area contributed by atoms with Gasteiger partial charge >= 0.3 is 0 Å². The van der Waals surface area contributed by atoms with Crippen LogP contribution in [0.2, 0.25) is 0 Å². The van der Waals surface area contributed by atoms with E-state index in [4.69, 9.17) is 0 Å². The first-order chi connectivity index (χ1) is 15.8. The fourth-order valence-corrected chi connectivity index (χ4v) is 4.86. The molecule has 2 aliphatic rings. The Hall–Kier alpha value is -3.52. The average Bonchev–Trinajstić information content (AvgIpc) is 3.25. The lowest BCUT2D eigenvalue weighted by molar-refractivity contribution is -0.122. The number of anilines is 1. The van der Waals surface area contributed by atoms with E-state index in [2.05, 4.69) is 10.2 Å². The Morgan fingerprint density at radius 3 is 2.24 bits per heavy atom. The van der Waals surface area contributed by atoms with Gasteiger partial charge in [0.1, 0.15) is 11.6 Å². The van der Waals surface area contributed by atoms with Crippen LogP contribution in [0.4, 0.5) is 14.5 Å². The molecule has 1 N–H and O–H groups in total. The molecule has 0 saturated carbocycles. The number of hydrogen-bond acceptors (Lipinski definition) is 4. The number of halogens is 2. The van der Waals surface area contributed by atoms with Gasteiger partial charge in [0, 0.05) is 62.0 Å². The number of aromatic nitrogens is 1. The van der Waals surface area contributed by atoms with Crippen molar-refractivity contribution >= 4 is 39.6 Å². The standard InChI is InChI=1S/C25H24F2N4O2/c1-14-5-4-6-15-17(13-30(3)23(14)15)22-21(24(32)28-25(22)33)16-11-20(19(27)12-18(16)26)31-9-7-29(2)8-10-31/h4-6,11-13H,7-10H2,1-3H3,(H,28,32,33). The summed E-state index contributed by atoms with van der Waals surface area (Å²) < 4.78 is 31.7. The van der Waals surface area contributed by atoms with Gasteiger partial charge in [-0.15, -0.1) is 0 Å². The summed E-state index contributed by atoms with van der Waals surface area (Å²) in [6.07, 6.45) is 1.77. The summed E-state index contributed by atoms with van der Waals surface area (Å²) in [4.78, 5) is 29.7. The van der Waals surface area contributed by atoms with Gasteiger partial charge in [-0.05, 0) is 25.6 Å². The molecule has 2 aliphatic heterocycles. The number of likely N-dealkylation sites (N-methyl/N-ethyl adjacent to an activating group) is 1. The molecular weight excluding hydrogens is 426 g/mol. The second-order valence-electron chi connectivity index (χ2n) is 8.73. The van der Waals surface area contributed by atoms with Gasteiger partial charge in [-0.3, -0.25) is 14.9 Å². The maximum atomic E-state index is 15.1. The summed E-state index contributed by atoms with van der Waals surface area (Å²) >= 11 is 0. The van der Waals surface area contributed by atoms with Crippen molar-refractivity contribution in [2.24, 2.45) is 7.05 Å². The van der Waals surface area contributed by atoms with Gasteiger partial charge in [-0.2, -0.15) is 0 Å². The molecule has 6 nitrogen and oxygen atoms in total. The first kappa shape index (κ1) is 21.3. The smallest absolute Gasteiger partial charge is 0.259 e. The molecule has 170 valence electrons. The molecule has 5 rings (SSSR count). The average molecular weight is 450 g/mol. The van der Waals surface area contributed by atoms with E-state index >= 15 is 4.39 Å². The molecule has 2 aromatic carbocycles. The van der Waals surface area contributed by atoms with Crippen LogP contribution in [-0.4, -0.2) is 54.5 Å². The predicted molar refractivity (Wildman–Crippen MR) is 124 cm³/mol. The number of carbonyl (C=O) groups excluding carboxylic acids is 2. The number of carbonyl (C=O) groups is 2. The topological polar surface area (TPSA) is 57.6 Å². The van der Waals surface area contributed by atoms with Gasteiger partial charge in [0.2, 0.25) is 0 Å². The maximum Gasteiger partial charge on any atom is 0.259 e. The van der Waals surface area contributed by atoms with Crippen molar-refractivity contribution in [3.63, 3.8) is 0 Å². The summed E-state index contributed by atoms with van der Waals surface area (Å²) in [5.41, 5.74) is 2.66. The summed E-state index contributed by atoms with van der Waals surface area (Å²) in [6, 6.07) is 7.87. The summed E-state index contributed by atoms with van der Waals surface area (Å²) in [5.74, 6) is -2.84. The van der Waals surface area contributed by atoms with Crippen molar-refractivity contribution in [1.29, 1.82) is 0 Å². The number of benzene rings is 2. The van der Waals surface area contributed by atoms with Crippen LogP contribution in [0.1, 0.15) is 16.7 Å². The van der Waals surface area contributed by atoms with Crippen LogP contribution in [-0.2, 0) is 16.6 Å². The van der Waals surface area contributed by atoms with Crippen LogP contribution in [0.5, 0.6) is 0 Å². The van der Waals surface area contributed by atoms with E-state index in [1.165, 1.54) is 6.07 Å². The van der Waals surface area contributed by atoms with Crippen molar-refractivity contribution in [2.75, 3.05) is 38.1 Å². The Bertz CT molecular complexity index is 1350. The molecule has 0 spiro atoms. The van der Waals surface area contributed by atoms with Crippen LogP contribution in [0.3, 0.4) is 0 Å². The number of fused-ring (bicyclic) bond motifs is 1. The Kier molecular flexibility index (Phi) is 5.05. The Morgan fingerprint density at radius 2 is 1.55 bits per heavy atom. The highest BCUT2D eigenvalue weighted by molar-refractivity contribution is 6.50. The molecule has 8 heteroatoms. The third kappa shape index (κ3) is 3.41. The molecule has 1 aromatic heterocycles. The van der Waals surface area contributed by atoms with Crippen LogP contribution in [0.15, 0.2) is 36.5 Å². The Labute approximate surface area is 190 Å². The minimum atomic E-state index is -0.876. The molecule has 0 unspecified atom stereocenters. The molecule has 33 heavy (non-hydrogen) atoms. The van der Waals surface area contributed by atoms with Gasteiger partial charge in [-0.25, -0.2) is 8.78 Å². The van der Waals surface area contributed by atoms with Crippen molar-refractivity contribution in [1.82, 2.24) is 14.8 Å². The minimum Gasteiger partial charge on any atom is -0.367 e. The molecule has 1 saturated heterocycles. The Balaban J connectivity index is 1.72. The van der Waals surface area contributed by atoms with Crippen LogP contribution in [0, 0.1) is 18.6 Å². The van der Waals surface area contributed by atoms with E-state index in [1.807, 2.05) is 48.7 Å². The zero-order valence-corrected chi connectivity index (χ0v) is 18.7. The number of piperazine rings is 1. The molecule has 0 aliphatic carbocycles. The third-order valence-electron chi connectivity index (χ3n) is 6.55. The molecule has 2 amide bonds. The van der Waals surface area contributed by atoms with Crippen molar-refractivity contribution in [3.8, 4) is 0 Å². The van der Waals surface area contributed by atoms with E-state index in [-0.39, 0.29) is 22.4 Å². The summed E-state index contributed by atoms with van der Waals surface area (Å²) in [5, 5.41) is 3.10. The zero-order chi connectivity index (χ0) is 23.4. The van der Waals surface area contributed by atoms with Crippen LogP contribution in [0.25, 0.3) is 22.0 Å². The third-order valence-corrected chi connectivity index (χ3v) is 6.55. The lowest BCUT2D eigenvalue weighted by Gasteiger charge is -2.34.